The second-order valence-electron chi connectivity index (χ2n) is 6.53. The number of nitrogens with one attached hydrogen (secondary N) is 2. The molecule has 0 bridgehead atoms. The standard InChI is InChI=1S/C20H19N3O8S2/c1-30-15-9-12-17(19(13-15)31-2)22-32(26,27)16-10-7-14(8-11-16)21-33(28,29)20-6-4-3-5-18(20)23(24)25/h3-13,21-22H,1-2H3. The van der Waals surface area contributed by atoms with Gasteiger partial charge in [0.2, 0.25) is 0 Å². The fourth-order valence-electron chi connectivity index (χ4n) is 2.83. The highest BCUT2D eigenvalue weighted by molar-refractivity contribution is 7.93. The van der Waals surface area contributed by atoms with E-state index in [1.165, 1.54) is 62.8 Å². The molecule has 0 saturated carbocycles. The third-order valence-corrected chi connectivity index (χ3v) is 7.23. The molecule has 0 atom stereocenters. The van der Waals surface area contributed by atoms with Crippen LogP contribution in [-0.4, -0.2) is 36.0 Å². The van der Waals surface area contributed by atoms with E-state index < -0.39 is 35.6 Å². The fraction of sp³-hybridized carbons (Fsp3) is 0.100. The van der Waals surface area contributed by atoms with E-state index >= 15 is 0 Å². The van der Waals surface area contributed by atoms with Crippen LogP contribution in [0, 0.1) is 10.1 Å². The Morgan fingerprint density at radius 2 is 1.48 bits per heavy atom. The van der Waals surface area contributed by atoms with Gasteiger partial charge in [0.25, 0.3) is 25.7 Å². The van der Waals surface area contributed by atoms with Crippen molar-refractivity contribution in [2.75, 3.05) is 23.7 Å². The monoisotopic (exact) mass is 493 g/mol. The van der Waals surface area contributed by atoms with Crippen LogP contribution in [0.1, 0.15) is 0 Å². The number of anilines is 2. The molecule has 0 saturated heterocycles. The predicted molar refractivity (Wildman–Crippen MR) is 121 cm³/mol. The van der Waals surface area contributed by atoms with Gasteiger partial charge in [-0.3, -0.25) is 19.6 Å². The maximum Gasteiger partial charge on any atom is 0.289 e. The van der Waals surface area contributed by atoms with E-state index in [-0.39, 0.29) is 22.0 Å². The summed E-state index contributed by atoms with van der Waals surface area (Å²) in [5.74, 6) is 0.719. The molecule has 3 aromatic rings. The van der Waals surface area contributed by atoms with Gasteiger partial charge in [0.15, 0.2) is 4.90 Å². The SMILES string of the molecule is COc1ccc(NS(=O)(=O)c2ccc(NS(=O)(=O)c3ccccc3[N+](=O)[O-])cc2)c(OC)c1. The Bertz CT molecular complexity index is 1390. The number of nitro groups is 1. The Morgan fingerprint density at radius 3 is 2.09 bits per heavy atom. The van der Waals surface area contributed by atoms with Crippen molar-refractivity contribution in [2.45, 2.75) is 9.79 Å². The summed E-state index contributed by atoms with van der Waals surface area (Å²) in [7, 11) is -5.48. The number of nitro benzene ring substituents is 1. The van der Waals surface area contributed by atoms with Crippen LogP contribution in [0.15, 0.2) is 76.5 Å². The number of nitrogens with zero attached hydrogens (tertiary/aromatic N) is 1. The van der Waals surface area contributed by atoms with E-state index in [1.54, 1.807) is 6.07 Å². The van der Waals surface area contributed by atoms with Gasteiger partial charge < -0.3 is 9.47 Å². The van der Waals surface area contributed by atoms with Crippen molar-refractivity contribution in [3.05, 3.63) is 76.8 Å². The number of para-hydroxylation sites is 1. The van der Waals surface area contributed by atoms with Crippen LogP contribution >= 0.6 is 0 Å². The average molecular weight is 494 g/mol. The lowest BCUT2D eigenvalue weighted by Gasteiger charge is -2.13. The molecule has 0 aliphatic rings. The lowest BCUT2D eigenvalue weighted by atomic mass is 10.3. The van der Waals surface area contributed by atoms with E-state index in [2.05, 4.69) is 9.44 Å². The van der Waals surface area contributed by atoms with Crippen molar-refractivity contribution in [2.24, 2.45) is 0 Å². The Labute approximate surface area is 190 Å². The minimum Gasteiger partial charge on any atom is -0.497 e. The summed E-state index contributed by atoms with van der Waals surface area (Å²) in [6, 6.07) is 14.3. The molecule has 2 N–H and O–H groups in total. The molecule has 174 valence electrons. The largest absolute Gasteiger partial charge is 0.497 e. The van der Waals surface area contributed by atoms with Gasteiger partial charge in [-0.15, -0.1) is 0 Å². The van der Waals surface area contributed by atoms with E-state index in [1.807, 2.05) is 0 Å². The molecule has 0 fully saturated rings. The fourth-order valence-corrected chi connectivity index (χ4v) is 5.14. The maximum absolute atomic E-state index is 12.8. The summed E-state index contributed by atoms with van der Waals surface area (Å²) in [5, 5.41) is 11.1. The average Bonchev–Trinajstić information content (AvgIpc) is 2.79. The van der Waals surface area contributed by atoms with Gasteiger partial charge in [-0.25, -0.2) is 16.8 Å². The summed E-state index contributed by atoms with van der Waals surface area (Å²) in [5.41, 5.74) is -0.379. The van der Waals surface area contributed by atoms with E-state index in [0.29, 0.717) is 5.75 Å². The van der Waals surface area contributed by atoms with Crippen molar-refractivity contribution in [3.63, 3.8) is 0 Å². The Hall–Kier alpha value is -3.84. The second-order valence-corrected chi connectivity index (χ2v) is 9.86. The molecule has 13 heteroatoms. The third-order valence-electron chi connectivity index (χ3n) is 4.42. The van der Waals surface area contributed by atoms with Crippen LogP contribution in [0.2, 0.25) is 0 Å². The van der Waals surface area contributed by atoms with Crippen molar-refractivity contribution in [1.82, 2.24) is 0 Å². The first-order valence-corrected chi connectivity index (χ1v) is 12.1. The molecule has 0 spiro atoms. The van der Waals surface area contributed by atoms with Gasteiger partial charge in [0, 0.05) is 17.8 Å². The van der Waals surface area contributed by atoms with E-state index in [9.17, 15) is 26.9 Å². The highest BCUT2D eigenvalue weighted by Gasteiger charge is 2.25. The van der Waals surface area contributed by atoms with Gasteiger partial charge in [0.05, 0.1) is 29.7 Å². The van der Waals surface area contributed by atoms with Crippen LogP contribution in [0.4, 0.5) is 17.1 Å². The summed E-state index contributed by atoms with van der Waals surface area (Å²) >= 11 is 0. The highest BCUT2D eigenvalue weighted by atomic mass is 32.2. The number of hydrogen-bond acceptors (Lipinski definition) is 8. The number of rotatable bonds is 9. The zero-order chi connectivity index (χ0) is 24.2. The lowest BCUT2D eigenvalue weighted by molar-refractivity contribution is -0.387. The topological polar surface area (TPSA) is 154 Å². The molecule has 11 nitrogen and oxygen atoms in total. The summed E-state index contributed by atoms with van der Waals surface area (Å²) in [4.78, 5) is 9.67. The zero-order valence-corrected chi connectivity index (χ0v) is 19.0. The molecule has 0 aliphatic carbocycles. The van der Waals surface area contributed by atoms with Gasteiger partial charge in [-0.2, -0.15) is 0 Å². The Morgan fingerprint density at radius 1 is 0.818 bits per heavy atom. The molecule has 33 heavy (non-hydrogen) atoms. The Kier molecular flexibility index (Phi) is 6.74. The molecule has 0 heterocycles. The van der Waals surface area contributed by atoms with Crippen LogP contribution in [-0.2, 0) is 20.0 Å². The number of benzene rings is 3. The summed E-state index contributed by atoms with van der Waals surface area (Å²) in [6.45, 7) is 0. The molecular formula is C20H19N3O8S2. The zero-order valence-electron chi connectivity index (χ0n) is 17.4. The molecule has 0 radical (unpaired) electrons. The van der Waals surface area contributed by atoms with E-state index in [0.717, 1.165) is 12.1 Å². The van der Waals surface area contributed by atoms with Crippen LogP contribution in [0.5, 0.6) is 11.5 Å². The first kappa shape index (κ1) is 23.8. The summed E-state index contributed by atoms with van der Waals surface area (Å²) in [6.07, 6.45) is 0. The van der Waals surface area contributed by atoms with Gasteiger partial charge in [-0.1, -0.05) is 12.1 Å². The van der Waals surface area contributed by atoms with Crippen LogP contribution in [0.25, 0.3) is 0 Å². The van der Waals surface area contributed by atoms with Crippen molar-refractivity contribution in [1.29, 1.82) is 0 Å². The van der Waals surface area contributed by atoms with Crippen molar-refractivity contribution < 1.29 is 31.2 Å². The molecular weight excluding hydrogens is 474 g/mol. The van der Waals surface area contributed by atoms with Crippen molar-refractivity contribution in [3.8, 4) is 11.5 Å². The molecule has 3 aromatic carbocycles. The van der Waals surface area contributed by atoms with Crippen LogP contribution < -0.4 is 18.9 Å². The van der Waals surface area contributed by atoms with Crippen LogP contribution in [0.3, 0.4) is 0 Å². The van der Waals surface area contributed by atoms with Gasteiger partial charge >= 0.3 is 0 Å². The molecule has 0 aromatic heterocycles. The molecule has 0 unspecified atom stereocenters. The second kappa shape index (κ2) is 9.34. The predicted octanol–water partition coefficient (Wildman–Crippen LogP) is 3.21. The normalized spacial score (nSPS) is 11.5. The maximum atomic E-state index is 12.8. The number of sulfonamides is 2. The third kappa shape index (κ3) is 5.32. The number of methoxy groups -OCH3 is 2. The van der Waals surface area contributed by atoms with Gasteiger partial charge in [0.1, 0.15) is 11.5 Å². The number of ether oxygens (including phenoxy) is 2. The highest BCUT2D eigenvalue weighted by Crippen LogP contribution is 2.31. The minimum absolute atomic E-state index is 0.0223. The smallest absolute Gasteiger partial charge is 0.289 e. The van der Waals surface area contributed by atoms with Crippen molar-refractivity contribution >= 4 is 37.1 Å². The minimum atomic E-state index is -4.29. The summed E-state index contributed by atoms with van der Waals surface area (Å²) < 4.78 is 65.6. The lowest BCUT2D eigenvalue weighted by Crippen LogP contribution is -2.16. The molecule has 0 aliphatic heterocycles. The first-order chi connectivity index (χ1) is 15.6. The van der Waals surface area contributed by atoms with Gasteiger partial charge in [-0.05, 0) is 42.5 Å². The molecule has 3 rings (SSSR count). The number of hydrogen-bond donors (Lipinski definition) is 2. The van der Waals surface area contributed by atoms with E-state index in [4.69, 9.17) is 9.47 Å². The quantitative estimate of drug-likeness (QED) is 0.340. The molecule has 0 amide bonds. The first-order valence-electron chi connectivity index (χ1n) is 9.18. The Balaban J connectivity index is 1.84.